The molecule has 0 aliphatic rings. The highest BCUT2D eigenvalue weighted by molar-refractivity contribution is 6.44. The Morgan fingerprint density at radius 1 is 0.471 bits per heavy atom. The molecule has 0 aliphatic heterocycles. The van der Waals surface area contributed by atoms with Crippen LogP contribution in [0.1, 0.15) is 101 Å². The smallest absolute Gasteiger partial charge is 0.550 e. The molecule has 0 radical (unpaired) electrons. The van der Waals surface area contributed by atoms with E-state index in [0.29, 0.717) is 0 Å². The molecule has 0 fully saturated rings. The van der Waals surface area contributed by atoms with Gasteiger partial charge in [-0.2, -0.15) is 0 Å². The van der Waals surface area contributed by atoms with Gasteiger partial charge in [-0.1, -0.05) is 62.3 Å². The fraction of sp³-hybridized carbons (Fsp3) is 0.750. The molecule has 9 nitrogen and oxygen atoms in total. The van der Waals surface area contributed by atoms with Crippen LogP contribution in [0.25, 0.3) is 0 Å². The normalized spacial score (nSPS) is 11.9. The Kier molecular flexibility index (Phi) is 12.4. The summed E-state index contributed by atoms with van der Waals surface area (Å²) < 4.78 is 15.0. The molecule has 0 aromatic rings. The van der Waals surface area contributed by atoms with Crippen LogP contribution in [-0.2, 0) is 40.1 Å². The molecule has 0 saturated heterocycles. The van der Waals surface area contributed by atoms with Gasteiger partial charge < -0.3 is 11.4 Å². The average molecular weight is 499 g/mol. The number of Topliss-reactive ketones (excluding diaryl/α,β-unsaturated/α-hetero) is 3. The molecule has 0 bridgehead atoms. The van der Waals surface area contributed by atoms with Gasteiger partial charge in [0.25, 0.3) is 17.9 Å². The highest BCUT2D eigenvalue weighted by atomic mass is 27.3. The second-order valence-corrected chi connectivity index (χ2v) is 13.4. The molecule has 0 unspecified atom stereocenters. The third kappa shape index (κ3) is 18.4. The van der Waals surface area contributed by atoms with E-state index in [1.54, 1.807) is 0 Å². The molecule has 0 atom stereocenters. The highest BCUT2D eigenvalue weighted by Crippen LogP contribution is 2.21. The lowest BCUT2D eigenvalue weighted by Crippen LogP contribution is -2.36. The van der Waals surface area contributed by atoms with Crippen molar-refractivity contribution in [3.05, 3.63) is 0 Å². The summed E-state index contributed by atoms with van der Waals surface area (Å²) in [4.78, 5) is 72.8. The fourth-order valence-corrected chi connectivity index (χ4v) is 4.00. The molecule has 0 amide bonds. The van der Waals surface area contributed by atoms with Gasteiger partial charge >= 0.3 is 15.1 Å². The molecule has 192 valence electrons. The lowest BCUT2D eigenvalue weighted by atomic mass is 9.89. The highest BCUT2D eigenvalue weighted by Gasteiger charge is 2.49. The molecule has 0 N–H and O–H groups in total. The number of ketones is 3. The SMILES string of the molecule is CC(C)(C)CC(=O)CC(=O)[O][Al]([O]C(=O)CC(=O)CC(C)(C)C)[O]C(=O)CC(=O)CC(C)(C)C. The summed E-state index contributed by atoms with van der Waals surface area (Å²) in [5.41, 5.74) is -1.02. The number of hydrogen-bond donors (Lipinski definition) is 0. The van der Waals surface area contributed by atoms with Gasteiger partial charge in [-0.05, 0) is 16.2 Å². The molecule has 0 aromatic carbocycles. The second-order valence-electron chi connectivity index (χ2n) is 12.1. The van der Waals surface area contributed by atoms with Crippen molar-refractivity contribution in [2.45, 2.75) is 101 Å². The third-order valence-corrected chi connectivity index (χ3v) is 5.26. The molecule has 0 saturated carbocycles. The summed E-state index contributed by atoms with van der Waals surface area (Å²) in [7, 11) is 0. The molecule has 10 heteroatoms. The van der Waals surface area contributed by atoms with Crippen molar-refractivity contribution in [2.75, 3.05) is 0 Å². The first-order chi connectivity index (χ1) is 15.1. The molecule has 0 aliphatic carbocycles. The Morgan fingerprint density at radius 2 is 0.676 bits per heavy atom. The maximum atomic E-state index is 12.2. The van der Waals surface area contributed by atoms with Gasteiger partial charge in [-0.3, -0.25) is 28.8 Å². The van der Waals surface area contributed by atoms with Crippen LogP contribution in [-0.4, -0.2) is 50.4 Å². The Balaban J connectivity index is 5.20. The van der Waals surface area contributed by atoms with Crippen molar-refractivity contribution in [2.24, 2.45) is 16.2 Å². The van der Waals surface area contributed by atoms with Crippen LogP contribution < -0.4 is 0 Å². The van der Waals surface area contributed by atoms with E-state index >= 15 is 0 Å². The van der Waals surface area contributed by atoms with Crippen molar-refractivity contribution in [3.8, 4) is 0 Å². The Labute approximate surface area is 207 Å². The molecule has 0 spiro atoms. The van der Waals surface area contributed by atoms with Crippen molar-refractivity contribution in [1.29, 1.82) is 0 Å². The zero-order valence-electron chi connectivity index (χ0n) is 22.0. The van der Waals surface area contributed by atoms with Gasteiger partial charge in [0.1, 0.15) is 36.6 Å². The monoisotopic (exact) mass is 498 g/mol. The van der Waals surface area contributed by atoms with Crippen LogP contribution in [0.2, 0.25) is 0 Å². The van der Waals surface area contributed by atoms with Gasteiger partial charge in [-0.25, -0.2) is 0 Å². The van der Waals surface area contributed by atoms with Gasteiger partial charge in [0, 0.05) is 19.3 Å². The molecule has 0 heterocycles. The summed E-state index contributed by atoms with van der Waals surface area (Å²) in [5, 5.41) is 0. The first kappa shape index (κ1) is 32.0. The van der Waals surface area contributed by atoms with Gasteiger partial charge in [-0.15, -0.1) is 0 Å². The second kappa shape index (κ2) is 13.2. The number of hydrogen-bond acceptors (Lipinski definition) is 9. The summed E-state index contributed by atoms with van der Waals surface area (Å²) in [6, 6.07) is 0. The average Bonchev–Trinajstić information content (AvgIpc) is 2.47. The quantitative estimate of drug-likeness (QED) is 0.291. The van der Waals surface area contributed by atoms with E-state index in [2.05, 4.69) is 0 Å². The molecule has 0 rings (SSSR count). The Morgan fingerprint density at radius 3 is 0.853 bits per heavy atom. The van der Waals surface area contributed by atoms with Gasteiger partial charge in [0.2, 0.25) is 0 Å². The predicted molar refractivity (Wildman–Crippen MR) is 125 cm³/mol. The predicted octanol–water partition coefficient (Wildman–Crippen LogP) is 3.79. The van der Waals surface area contributed by atoms with Crippen LogP contribution in [0, 0.1) is 16.2 Å². The van der Waals surface area contributed by atoms with E-state index in [4.69, 9.17) is 11.4 Å². The first-order valence-corrected chi connectivity index (χ1v) is 12.7. The van der Waals surface area contributed by atoms with E-state index in [1.165, 1.54) is 0 Å². The molecule has 0 aromatic heterocycles. The first-order valence-electron chi connectivity index (χ1n) is 11.3. The maximum absolute atomic E-state index is 12.2. The number of rotatable bonds is 12. The van der Waals surface area contributed by atoms with Gasteiger partial charge in [0.15, 0.2) is 0 Å². The standard InChI is InChI=1S/3C8H14O3.Al/c3*1-8(2,3)5-6(9)4-7(10)11;/h3*4-5H2,1-3H3,(H,10,11);/q;;;+3/p-3. The van der Waals surface area contributed by atoms with Gasteiger partial charge in [0.05, 0.1) is 0 Å². The maximum Gasteiger partial charge on any atom is 1.20 e. The minimum Gasteiger partial charge on any atom is -0.550 e. The third-order valence-electron chi connectivity index (χ3n) is 3.89. The fourth-order valence-electron chi connectivity index (χ4n) is 2.96. The van der Waals surface area contributed by atoms with Crippen LogP contribution in [0.15, 0.2) is 0 Å². The molecular formula is C24H39AlO9. The van der Waals surface area contributed by atoms with Crippen molar-refractivity contribution in [3.63, 3.8) is 0 Å². The van der Waals surface area contributed by atoms with Crippen molar-refractivity contribution < 1.29 is 40.1 Å². The van der Waals surface area contributed by atoms with Crippen LogP contribution >= 0.6 is 0 Å². The zero-order valence-corrected chi connectivity index (χ0v) is 23.1. The number of carbonyl (C=O) groups is 6. The summed E-state index contributed by atoms with van der Waals surface area (Å²) in [5.74, 6) is -4.17. The van der Waals surface area contributed by atoms with E-state index in [9.17, 15) is 28.8 Å². The minimum atomic E-state index is -3.75. The van der Waals surface area contributed by atoms with E-state index in [0.717, 1.165) is 0 Å². The van der Waals surface area contributed by atoms with Crippen molar-refractivity contribution in [1.82, 2.24) is 0 Å². The summed E-state index contributed by atoms with van der Waals surface area (Å²) in [6.45, 7) is 16.5. The summed E-state index contributed by atoms with van der Waals surface area (Å²) in [6.07, 6.45) is -1.38. The van der Waals surface area contributed by atoms with E-state index < -0.39 is 52.3 Å². The van der Waals surface area contributed by atoms with E-state index in [-0.39, 0.29) is 52.9 Å². The van der Waals surface area contributed by atoms with Crippen LogP contribution in [0.5, 0.6) is 0 Å². The lowest BCUT2D eigenvalue weighted by molar-refractivity contribution is -0.148. The largest absolute Gasteiger partial charge is 1.20 e. The zero-order chi connectivity index (χ0) is 26.9. The van der Waals surface area contributed by atoms with Crippen LogP contribution in [0.3, 0.4) is 0 Å². The minimum absolute atomic E-state index is 0.122. The Bertz CT molecular complexity index is 675. The number of carbonyl (C=O) groups excluding carboxylic acids is 6. The van der Waals surface area contributed by atoms with Crippen molar-refractivity contribution >= 4 is 50.4 Å². The van der Waals surface area contributed by atoms with Crippen LogP contribution in [0.4, 0.5) is 0 Å². The van der Waals surface area contributed by atoms with E-state index in [1.807, 2.05) is 62.3 Å². The summed E-state index contributed by atoms with van der Waals surface area (Å²) >= 11 is -3.75. The topological polar surface area (TPSA) is 130 Å². The molecular weight excluding hydrogens is 459 g/mol. The Hall–Kier alpha value is -2.05. The molecule has 34 heavy (non-hydrogen) atoms. The lowest BCUT2D eigenvalue weighted by Gasteiger charge is -2.18.